The molecule has 1 saturated heterocycles. The van der Waals surface area contributed by atoms with E-state index in [1.807, 2.05) is 41.1 Å². The average Bonchev–Trinajstić information content (AvgIpc) is 3.14. The largest absolute Gasteiger partial charge is 0.497 e. The molecular weight excluding hydrogens is 434 g/mol. The summed E-state index contributed by atoms with van der Waals surface area (Å²) in [6.45, 7) is 9.68. The molecule has 0 bridgehead atoms. The van der Waals surface area contributed by atoms with Crippen molar-refractivity contribution in [2.75, 3.05) is 45.3 Å². The molecule has 7 nitrogen and oxygen atoms in total. The van der Waals surface area contributed by atoms with Gasteiger partial charge < -0.3 is 14.4 Å². The summed E-state index contributed by atoms with van der Waals surface area (Å²) in [5.41, 5.74) is 2.20. The molecular formula is C25H33N5O2S. The Kier molecular flexibility index (Phi) is 7.35. The number of piperazine rings is 1. The van der Waals surface area contributed by atoms with Gasteiger partial charge in [0.1, 0.15) is 11.5 Å². The van der Waals surface area contributed by atoms with Crippen LogP contribution in [0.25, 0.3) is 11.4 Å². The number of rotatable bonds is 8. The van der Waals surface area contributed by atoms with Crippen molar-refractivity contribution in [1.29, 1.82) is 0 Å². The highest BCUT2D eigenvalue weighted by Gasteiger charge is 2.21. The number of benzene rings is 2. The molecule has 0 radical (unpaired) electrons. The molecule has 1 aromatic heterocycles. The zero-order chi connectivity index (χ0) is 23.4. The Bertz CT molecular complexity index is 1110. The summed E-state index contributed by atoms with van der Waals surface area (Å²) in [4.78, 5) is 4.79. The molecule has 3 aromatic rings. The Labute approximate surface area is 201 Å². The van der Waals surface area contributed by atoms with Crippen molar-refractivity contribution in [2.24, 2.45) is 5.92 Å². The van der Waals surface area contributed by atoms with Crippen LogP contribution in [0.3, 0.4) is 0 Å². The summed E-state index contributed by atoms with van der Waals surface area (Å²) < 4.78 is 15.8. The number of anilines is 1. The monoisotopic (exact) mass is 467 g/mol. The number of para-hydroxylation sites is 2. The quantitative estimate of drug-likeness (QED) is 0.454. The lowest BCUT2D eigenvalue weighted by atomic mass is 10.2. The summed E-state index contributed by atoms with van der Waals surface area (Å²) in [5, 5.41) is 4.95. The van der Waals surface area contributed by atoms with Crippen molar-refractivity contribution in [3.05, 3.63) is 53.3 Å². The van der Waals surface area contributed by atoms with E-state index >= 15 is 0 Å². The van der Waals surface area contributed by atoms with E-state index in [1.165, 1.54) is 0 Å². The maximum absolute atomic E-state index is 5.87. The molecule has 0 aliphatic carbocycles. The van der Waals surface area contributed by atoms with Crippen LogP contribution in [0.4, 0.5) is 5.69 Å². The smallest absolute Gasteiger partial charge is 0.199 e. The molecule has 0 atom stereocenters. The Hall–Kier alpha value is -2.84. The van der Waals surface area contributed by atoms with E-state index in [2.05, 4.69) is 40.3 Å². The van der Waals surface area contributed by atoms with Crippen LogP contribution in [0.15, 0.2) is 48.5 Å². The molecule has 1 fully saturated rings. The molecule has 8 heteroatoms. The Morgan fingerprint density at radius 2 is 1.64 bits per heavy atom. The predicted molar refractivity (Wildman–Crippen MR) is 135 cm³/mol. The van der Waals surface area contributed by atoms with Gasteiger partial charge >= 0.3 is 0 Å². The van der Waals surface area contributed by atoms with Gasteiger partial charge in [-0.1, -0.05) is 26.0 Å². The van der Waals surface area contributed by atoms with Crippen molar-refractivity contribution < 1.29 is 9.47 Å². The number of aromatic nitrogens is 3. The Morgan fingerprint density at radius 1 is 0.939 bits per heavy atom. The average molecular weight is 468 g/mol. The van der Waals surface area contributed by atoms with Crippen molar-refractivity contribution >= 4 is 17.9 Å². The van der Waals surface area contributed by atoms with E-state index in [1.54, 1.807) is 14.2 Å². The standard InChI is InChI=1S/C25H33N5O2S/c1-19(2)17-29-24(20-9-11-21(31-3)12-10-20)26-30(25(29)33)18-27-13-15-28(16-14-27)22-7-5-6-8-23(22)32-4/h5-12,19H,13-18H2,1-4H3. The first-order valence-corrected chi connectivity index (χ1v) is 11.8. The van der Waals surface area contributed by atoms with Crippen LogP contribution in [-0.2, 0) is 13.2 Å². The maximum atomic E-state index is 5.87. The number of hydrogen-bond donors (Lipinski definition) is 0. The topological polar surface area (TPSA) is 47.7 Å². The summed E-state index contributed by atoms with van der Waals surface area (Å²) in [7, 11) is 3.41. The number of ether oxygens (including phenoxy) is 2. The van der Waals surface area contributed by atoms with E-state index in [0.29, 0.717) is 12.6 Å². The van der Waals surface area contributed by atoms with Gasteiger partial charge in [0.25, 0.3) is 0 Å². The van der Waals surface area contributed by atoms with E-state index in [9.17, 15) is 0 Å². The molecule has 0 unspecified atom stereocenters. The Balaban J connectivity index is 1.51. The molecule has 176 valence electrons. The molecule has 0 spiro atoms. The van der Waals surface area contributed by atoms with E-state index in [4.69, 9.17) is 26.8 Å². The molecule has 4 rings (SSSR count). The van der Waals surface area contributed by atoms with E-state index < -0.39 is 0 Å². The summed E-state index contributed by atoms with van der Waals surface area (Å²) in [6.07, 6.45) is 0. The summed E-state index contributed by atoms with van der Waals surface area (Å²) in [6, 6.07) is 16.2. The third-order valence-corrected chi connectivity index (χ3v) is 6.38. The second-order valence-electron chi connectivity index (χ2n) is 8.76. The number of hydrogen-bond acceptors (Lipinski definition) is 6. The second kappa shape index (κ2) is 10.4. The maximum Gasteiger partial charge on any atom is 0.199 e. The van der Waals surface area contributed by atoms with Crippen LogP contribution in [0.5, 0.6) is 11.5 Å². The van der Waals surface area contributed by atoms with Gasteiger partial charge in [0.15, 0.2) is 10.6 Å². The molecule has 2 heterocycles. The summed E-state index contributed by atoms with van der Waals surface area (Å²) in [5.74, 6) is 3.13. The molecule has 0 amide bonds. The van der Waals surface area contributed by atoms with Crippen LogP contribution < -0.4 is 14.4 Å². The third-order valence-electron chi connectivity index (χ3n) is 5.95. The molecule has 2 aromatic carbocycles. The van der Waals surface area contributed by atoms with Crippen molar-refractivity contribution in [3.63, 3.8) is 0 Å². The van der Waals surface area contributed by atoms with Crippen LogP contribution in [0.2, 0.25) is 0 Å². The highest BCUT2D eigenvalue weighted by atomic mass is 32.1. The number of methoxy groups -OCH3 is 2. The van der Waals surface area contributed by atoms with Gasteiger partial charge in [0.2, 0.25) is 0 Å². The minimum absolute atomic E-state index is 0.468. The van der Waals surface area contributed by atoms with Crippen molar-refractivity contribution in [3.8, 4) is 22.9 Å². The van der Waals surface area contributed by atoms with Gasteiger partial charge in [-0.25, -0.2) is 4.68 Å². The Morgan fingerprint density at radius 3 is 2.27 bits per heavy atom. The first-order valence-electron chi connectivity index (χ1n) is 11.4. The van der Waals surface area contributed by atoms with E-state index in [0.717, 1.165) is 66.1 Å². The van der Waals surface area contributed by atoms with Gasteiger partial charge in [-0.3, -0.25) is 9.47 Å². The normalized spacial score (nSPS) is 14.6. The molecule has 0 saturated carbocycles. The zero-order valence-electron chi connectivity index (χ0n) is 19.9. The van der Waals surface area contributed by atoms with Gasteiger partial charge in [-0.2, -0.15) is 5.10 Å². The van der Waals surface area contributed by atoms with Gasteiger partial charge in [0.05, 0.1) is 26.6 Å². The van der Waals surface area contributed by atoms with Gasteiger partial charge in [-0.15, -0.1) is 0 Å². The third kappa shape index (κ3) is 5.23. The predicted octanol–water partition coefficient (Wildman–Crippen LogP) is 4.53. The molecule has 33 heavy (non-hydrogen) atoms. The molecule has 1 aliphatic heterocycles. The van der Waals surface area contributed by atoms with Crippen LogP contribution in [-0.4, -0.2) is 59.6 Å². The minimum Gasteiger partial charge on any atom is -0.497 e. The lowest BCUT2D eigenvalue weighted by molar-refractivity contribution is 0.193. The second-order valence-corrected chi connectivity index (χ2v) is 9.12. The highest BCUT2D eigenvalue weighted by molar-refractivity contribution is 7.71. The fourth-order valence-electron chi connectivity index (χ4n) is 4.23. The van der Waals surface area contributed by atoms with E-state index in [-0.39, 0.29) is 0 Å². The highest BCUT2D eigenvalue weighted by Crippen LogP contribution is 2.28. The molecule has 0 N–H and O–H groups in total. The van der Waals surface area contributed by atoms with Gasteiger partial charge in [-0.05, 0) is 54.5 Å². The summed E-state index contributed by atoms with van der Waals surface area (Å²) >= 11 is 5.87. The van der Waals surface area contributed by atoms with Crippen molar-refractivity contribution in [2.45, 2.75) is 27.1 Å². The fourth-order valence-corrected chi connectivity index (χ4v) is 4.49. The van der Waals surface area contributed by atoms with Crippen molar-refractivity contribution in [1.82, 2.24) is 19.2 Å². The van der Waals surface area contributed by atoms with Gasteiger partial charge in [0, 0.05) is 38.3 Å². The van der Waals surface area contributed by atoms with Crippen LogP contribution >= 0.6 is 12.2 Å². The lowest BCUT2D eigenvalue weighted by Crippen LogP contribution is -2.47. The fraction of sp³-hybridized carbons (Fsp3) is 0.440. The zero-order valence-corrected chi connectivity index (χ0v) is 20.7. The lowest BCUT2D eigenvalue weighted by Gasteiger charge is -2.36. The molecule has 1 aliphatic rings. The first-order chi connectivity index (χ1) is 16.0. The SMILES string of the molecule is COc1ccc(-c2nn(CN3CCN(c4ccccc4OC)CC3)c(=S)n2CC(C)C)cc1. The number of nitrogens with zero attached hydrogens (tertiary/aromatic N) is 5. The van der Waals surface area contributed by atoms with Crippen LogP contribution in [0, 0.1) is 10.7 Å². The first kappa shape index (κ1) is 23.3. The van der Waals surface area contributed by atoms with Crippen LogP contribution in [0.1, 0.15) is 13.8 Å². The minimum atomic E-state index is 0.468.